The molecule has 7 nitrogen and oxygen atoms in total. The molecule has 0 aliphatic heterocycles. The van der Waals surface area contributed by atoms with Crippen molar-refractivity contribution in [3.63, 3.8) is 0 Å². The van der Waals surface area contributed by atoms with E-state index in [4.69, 9.17) is 0 Å². The molecular formula is C22H22FN5O2S. The third-order valence-corrected chi connectivity index (χ3v) is 5.64. The van der Waals surface area contributed by atoms with Crippen molar-refractivity contribution >= 4 is 29.3 Å². The number of likely N-dealkylation sites (N-methyl/N-ethyl adjacent to an activating group) is 1. The van der Waals surface area contributed by atoms with Gasteiger partial charge in [0.2, 0.25) is 17.0 Å². The molecule has 0 bridgehead atoms. The highest BCUT2D eigenvalue weighted by molar-refractivity contribution is 7.99. The molecular weight excluding hydrogens is 417 g/mol. The number of halogens is 1. The van der Waals surface area contributed by atoms with Gasteiger partial charge in [-0.05, 0) is 49.2 Å². The highest BCUT2D eigenvalue weighted by atomic mass is 32.2. The maximum absolute atomic E-state index is 13.0. The molecule has 1 aromatic heterocycles. The van der Waals surface area contributed by atoms with E-state index >= 15 is 0 Å². The van der Waals surface area contributed by atoms with Gasteiger partial charge in [0.1, 0.15) is 11.6 Å². The van der Waals surface area contributed by atoms with Gasteiger partial charge < -0.3 is 10.2 Å². The molecule has 0 unspecified atom stereocenters. The molecule has 1 aliphatic rings. The Kier molecular flexibility index (Phi) is 6.31. The Bertz CT molecular complexity index is 1070. The van der Waals surface area contributed by atoms with Crippen molar-refractivity contribution in [2.45, 2.75) is 23.9 Å². The number of hydrogen-bond donors (Lipinski definition) is 1. The second-order valence-corrected chi connectivity index (χ2v) is 8.31. The van der Waals surface area contributed by atoms with E-state index in [1.54, 1.807) is 7.05 Å². The summed E-state index contributed by atoms with van der Waals surface area (Å²) >= 11 is 1.26. The van der Waals surface area contributed by atoms with Crippen LogP contribution >= 0.6 is 11.8 Å². The van der Waals surface area contributed by atoms with Crippen LogP contribution in [0.1, 0.15) is 24.6 Å². The lowest BCUT2D eigenvalue weighted by Gasteiger charge is -2.16. The minimum atomic E-state index is -0.379. The second kappa shape index (κ2) is 9.30. The van der Waals surface area contributed by atoms with Crippen molar-refractivity contribution < 1.29 is 14.0 Å². The average molecular weight is 440 g/mol. The fraction of sp³-hybridized carbons (Fsp3) is 0.273. The number of nitrogens with one attached hydrogen (secondary N) is 1. The van der Waals surface area contributed by atoms with E-state index in [1.807, 2.05) is 35.0 Å². The standard InChI is InChI=1S/C22H22FN5O2S/c1-27(13-19(29)24-17-11-9-16(23)10-12-17)20(30)14-31-22-25-21(15-7-8-15)28(26-22)18-5-3-2-4-6-18/h2-6,9-12,15H,7-8,13-14H2,1H3,(H,24,29). The van der Waals surface area contributed by atoms with Gasteiger partial charge in [0.25, 0.3) is 0 Å². The molecule has 0 radical (unpaired) electrons. The van der Waals surface area contributed by atoms with Crippen molar-refractivity contribution in [1.29, 1.82) is 0 Å². The van der Waals surface area contributed by atoms with Crippen molar-refractivity contribution in [1.82, 2.24) is 19.7 Å². The van der Waals surface area contributed by atoms with E-state index in [0.717, 1.165) is 24.4 Å². The fourth-order valence-corrected chi connectivity index (χ4v) is 3.77. The highest BCUT2D eigenvalue weighted by Gasteiger charge is 2.30. The molecule has 0 spiro atoms. The summed E-state index contributed by atoms with van der Waals surface area (Å²) in [5.74, 6) is 0.529. The summed E-state index contributed by atoms with van der Waals surface area (Å²) in [5.41, 5.74) is 1.43. The molecule has 2 aromatic carbocycles. The van der Waals surface area contributed by atoms with Gasteiger partial charge in [-0.15, -0.1) is 5.10 Å². The molecule has 31 heavy (non-hydrogen) atoms. The van der Waals surface area contributed by atoms with E-state index in [-0.39, 0.29) is 29.9 Å². The Balaban J connectivity index is 1.33. The van der Waals surface area contributed by atoms with Crippen LogP contribution in [0.2, 0.25) is 0 Å². The molecule has 0 atom stereocenters. The Morgan fingerprint density at radius 1 is 1.16 bits per heavy atom. The number of para-hydroxylation sites is 1. The lowest BCUT2D eigenvalue weighted by Crippen LogP contribution is -2.35. The van der Waals surface area contributed by atoms with Gasteiger partial charge in [-0.25, -0.2) is 14.1 Å². The summed E-state index contributed by atoms with van der Waals surface area (Å²) in [6.45, 7) is -0.101. The van der Waals surface area contributed by atoms with Gasteiger partial charge in [-0.3, -0.25) is 9.59 Å². The van der Waals surface area contributed by atoms with Crippen molar-refractivity contribution in [2.75, 3.05) is 24.7 Å². The Morgan fingerprint density at radius 2 is 1.87 bits per heavy atom. The van der Waals surface area contributed by atoms with Crippen molar-refractivity contribution in [3.05, 3.63) is 66.2 Å². The predicted octanol–water partition coefficient (Wildman–Crippen LogP) is 3.47. The van der Waals surface area contributed by atoms with Crippen LogP contribution in [-0.4, -0.2) is 50.8 Å². The number of rotatable bonds is 8. The van der Waals surface area contributed by atoms with Crippen LogP contribution in [0.5, 0.6) is 0 Å². The normalized spacial score (nSPS) is 13.1. The first-order valence-electron chi connectivity index (χ1n) is 9.94. The van der Waals surface area contributed by atoms with Crippen LogP contribution in [0.4, 0.5) is 10.1 Å². The van der Waals surface area contributed by atoms with E-state index < -0.39 is 0 Å². The molecule has 2 amide bonds. The summed E-state index contributed by atoms with van der Waals surface area (Å²) in [7, 11) is 1.57. The van der Waals surface area contributed by atoms with Crippen molar-refractivity contribution in [3.8, 4) is 5.69 Å². The Hall–Kier alpha value is -3.20. The molecule has 1 N–H and O–H groups in total. The number of thioether (sulfide) groups is 1. The number of anilines is 1. The first-order valence-corrected chi connectivity index (χ1v) is 10.9. The van der Waals surface area contributed by atoms with Crippen LogP contribution in [0.25, 0.3) is 5.69 Å². The van der Waals surface area contributed by atoms with Gasteiger partial charge in [0, 0.05) is 18.7 Å². The molecule has 0 saturated heterocycles. The predicted molar refractivity (Wildman–Crippen MR) is 117 cm³/mol. The first kappa shape index (κ1) is 21.0. The average Bonchev–Trinajstić information content (AvgIpc) is 3.53. The SMILES string of the molecule is CN(CC(=O)Nc1ccc(F)cc1)C(=O)CSc1nc(C2CC2)n(-c2ccccc2)n1. The number of benzene rings is 2. The van der Waals surface area contributed by atoms with E-state index in [1.165, 1.54) is 40.9 Å². The monoisotopic (exact) mass is 439 g/mol. The smallest absolute Gasteiger partial charge is 0.243 e. The fourth-order valence-electron chi connectivity index (χ4n) is 3.00. The molecule has 3 aromatic rings. The largest absolute Gasteiger partial charge is 0.336 e. The molecule has 1 fully saturated rings. The number of amides is 2. The van der Waals surface area contributed by atoms with Crippen LogP contribution in [0.15, 0.2) is 59.8 Å². The summed E-state index contributed by atoms with van der Waals surface area (Å²) in [6, 6.07) is 15.3. The molecule has 1 aliphatic carbocycles. The van der Waals surface area contributed by atoms with E-state index in [9.17, 15) is 14.0 Å². The highest BCUT2D eigenvalue weighted by Crippen LogP contribution is 2.40. The number of nitrogens with zero attached hydrogens (tertiary/aromatic N) is 4. The number of aromatic nitrogens is 3. The van der Waals surface area contributed by atoms with Gasteiger partial charge in [0.05, 0.1) is 18.0 Å². The van der Waals surface area contributed by atoms with Crippen LogP contribution in [0, 0.1) is 5.82 Å². The first-order chi connectivity index (χ1) is 15.0. The number of carbonyl (C=O) groups excluding carboxylic acids is 2. The lowest BCUT2D eigenvalue weighted by atomic mass is 10.3. The van der Waals surface area contributed by atoms with E-state index in [2.05, 4.69) is 15.4 Å². The maximum Gasteiger partial charge on any atom is 0.243 e. The summed E-state index contributed by atoms with van der Waals surface area (Å²) in [6.07, 6.45) is 2.20. The Labute approximate surface area is 183 Å². The number of hydrogen-bond acceptors (Lipinski definition) is 5. The van der Waals surface area contributed by atoms with Crippen molar-refractivity contribution in [2.24, 2.45) is 0 Å². The third kappa shape index (κ3) is 5.49. The zero-order valence-electron chi connectivity index (χ0n) is 17.0. The zero-order chi connectivity index (χ0) is 21.8. The molecule has 1 heterocycles. The molecule has 160 valence electrons. The van der Waals surface area contributed by atoms with E-state index in [0.29, 0.717) is 16.8 Å². The van der Waals surface area contributed by atoms with Crippen LogP contribution in [0.3, 0.4) is 0 Å². The van der Waals surface area contributed by atoms with Gasteiger partial charge >= 0.3 is 0 Å². The number of carbonyl (C=O) groups is 2. The van der Waals surface area contributed by atoms with Gasteiger partial charge in [0.15, 0.2) is 0 Å². The summed E-state index contributed by atoms with van der Waals surface area (Å²) in [4.78, 5) is 30.6. The molecule has 4 rings (SSSR count). The summed E-state index contributed by atoms with van der Waals surface area (Å²) in [5, 5.41) is 7.77. The third-order valence-electron chi connectivity index (χ3n) is 4.82. The second-order valence-electron chi connectivity index (χ2n) is 7.37. The topological polar surface area (TPSA) is 80.1 Å². The zero-order valence-corrected chi connectivity index (χ0v) is 17.8. The minimum absolute atomic E-state index is 0.101. The Morgan fingerprint density at radius 3 is 2.55 bits per heavy atom. The van der Waals surface area contributed by atoms with Crippen LogP contribution in [-0.2, 0) is 9.59 Å². The van der Waals surface area contributed by atoms with Gasteiger partial charge in [-0.2, -0.15) is 0 Å². The van der Waals surface area contributed by atoms with Crippen LogP contribution < -0.4 is 5.32 Å². The lowest BCUT2D eigenvalue weighted by molar-refractivity contribution is -0.131. The maximum atomic E-state index is 13.0. The quantitative estimate of drug-likeness (QED) is 0.544. The minimum Gasteiger partial charge on any atom is -0.336 e. The van der Waals surface area contributed by atoms with Gasteiger partial charge in [-0.1, -0.05) is 30.0 Å². The molecule has 9 heteroatoms. The molecule has 1 saturated carbocycles. The summed E-state index contributed by atoms with van der Waals surface area (Å²) < 4.78 is 14.8.